The van der Waals surface area contributed by atoms with E-state index < -0.39 is 0 Å². The molecule has 1 aliphatic rings. The first-order valence-electron chi connectivity index (χ1n) is 4.44. The van der Waals surface area contributed by atoms with Gasteiger partial charge in [-0.05, 0) is 24.6 Å². The molecule has 0 bridgehead atoms. The topological polar surface area (TPSA) is 21.6 Å². The number of aliphatic imine (C=N–C) groups is 1. The Balaban J connectivity index is 2.35. The molecule has 2 rings (SSSR count). The molecule has 0 amide bonds. The molecule has 0 spiro atoms. The van der Waals surface area contributed by atoms with Gasteiger partial charge in [-0.25, -0.2) is 4.99 Å². The van der Waals surface area contributed by atoms with Crippen LogP contribution in [0.25, 0.3) is 0 Å². The average molecular weight is 209 g/mol. The van der Waals surface area contributed by atoms with Crippen molar-refractivity contribution < 1.29 is 4.74 Å². The Kier molecular flexibility index (Phi) is 2.23. The Morgan fingerprint density at radius 2 is 1.93 bits per heavy atom. The summed E-state index contributed by atoms with van der Waals surface area (Å²) in [5.41, 5.74) is 0.716. The maximum atomic E-state index is 5.82. The second-order valence-corrected chi connectivity index (χ2v) is 3.96. The Morgan fingerprint density at radius 1 is 1.29 bits per heavy atom. The largest absolute Gasteiger partial charge is 0.471 e. The van der Waals surface area contributed by atoms with Gasteiger partial charge in [0.25, 0.3) is 0 Å². The molecule has 0 fully saturated rings. The summed E-state index contributed by atoms with van der Waals surface area (Å²) in [6.07, 6.45) is 0. The van der Waals surface area contributed by atoms with Crippen molar-refractivity contribution in [1.82, 2.24) is 0 Å². The summed E-state index contributed by atoms with van der Waals surface area (Å²) in [6.45, 7) is 5.59. The highest BCUT2D eigenvalue weighted by atomic mass is 35.5. The van der Waals surface area contributed by atoms with E-state index in [1.807, 2.05) is 38.1 Å². The van der Waals surface area contributed by atoms with Crippen LogP contribution in [0, 0.1) is 6.61 Å². The maximum absolute atomic E-state index is 5.82. The Hall–Kier alpha value is -1.02. The molecule has 1 radical (unpaired) electrons. The van der Waals surface area contributed by atoms with Crippen LogP contribution in [0.15, 0.2) is 29.3 Å². The summed E-state index contributed by atoms with van der Waals surface area (Å²) in [5.74, 6) is 0.697. The molecule has 2 nitrogen and oxygen atoms in total. The van der Waals surface area contributed by atoms with Crippen molar-refractivity contribution in [2.75, 3.05) is 0 Å². The van der Waals surface area contributed by atoms with Crippen molar-refractivity contribution >= 4 is 17.5 Å². The van der Waals surface area contributed by atoms with Gasteiger partial charge >= 0.3 is 0 Å². The second kappa shape index (κ2) is 3.28. The van der Waals surface area contributed by atoms with Gasteiger partial charge in [0, 0.05) is 11.9 Å². The van der Waals surface area contributed by atoms with Crippen LogP contribution in [-0.2, 0) is 10.3 Å². The molecule has 73 valence electrons. The molecule has 1 aliphatic heterocycles. The van der Waals surface area contributed by atoms with Crippen molar-refractivity contribution in [3.63, 3.8) is 0 Å². The van der Waals surface area contributed by atoms with Gasteiger partial charge < -0.3 is 4.74 Å². The Bertz CT molecular complexity index is 371. The van der Waals surface area contributed by atoms with Crippen LogP contribution in [0.3, 0.4) is 0 Å². The monoisotopic (exact) mass is 208 g/mol. The minimum absolute atomic E-state index is 0.366. The zero-order valence-corrected chi connectivity index (χ0v) is 8.88. The van der Waals surface area contributed by atoms with Gasteiger partial charge in [-0.3, -0.25) is 0 Å². The predicted molar refractivity (Wildman–Crippen MR) is 57.3 cm³/mol. The molecule has 0 saturated heterocycles. The van der Waals surface area contributed by atoms with Crippen LogP contribution in [0.2, 0.25) is 5.02 Å². The van der Waals surface area contributed by atoms with Crippen LogP contribution in [0.5, 0.6) is 0 Å². The van der Waals surface area contributed by atoms with Crippen LogP contribution < -0.4 is 0 Å². The highest BCUT2D eigenvalue weighted by Gasteiger charge is 2.32. The van der Waals surface area contributed by atoms with E-state index in [1.165, 1.54) is 0 Å². The van der Waals surface area contributed by atoms with Gasteiger partial charge in [0.15, 0.2) is 12.5 Å². The fourth-order valence-corrected chi connectivity index (χ4v) is 1.63. The maximum Gasteiger partial charge on any atom is 0.181 e. The summed E-state index contributed by atoms with van der Waals surface area (Å²) in [6, 6.07) is 7.65. The molecule has 1 atom stereocenters. The fraction of sp³-hybridized carbons (Fsp3) is 0.273. The lowest BCUT2D eigenvalue weighted by Gasteiger charge is -2.17. The average Bonchev–Trinajstić information content (AvgIpc) is 2.48. The molecular weight excluding hydrogens is 198 g/mol. The van der Waals surface area contributed by atoms with Crippen molar-refractivity contribution in [2.45, 2.75) is 19.4 Å². The van der Waals surface area contributed by atoms with Gasteiger partial charge in [0.2, 0.25) is 0 Å². The molecule has 1 aromatic carbocycles. The quantitative estimate of drug-likeness (QED) is 0.695. The number of hydrogen-bond donors (Lipinski definition) is 0. The Morgan fingerprint density at radius 3 is 2.43 bits per heavy atom. The molecule has 1 unspecified atom stereocenters. The van der Waals surface area contributed by atoms with Gasteiger partial charge in [-0.2, -0.15) is 0 Å². The van der Waals surface area contributed by atoms with Crippen LogP contribution in [0.4, 0.5) is 0 Å². The molecule has 14 heavy (non-hydrogen) atoms. The number of ether oxygens (including phenoxy) is 1. The molecule has 0 aromatic heterocycles. The molecule has 1 aromatic rings. The third kappa shape index (κ3) is 1.62. The number of rotatable bonds is 1. The van der Waals surface area contributed by atoms with E-state index in [9.17, 15) is 0 Å². The minimum Gasteiger partial charge on any atom is -0.471 e. The number of benzene rings is 1. The summed E-state index contributed by atoms with van der Waals surface area (Å²) < 4.78 is 5.25. The predicted octanol–water partition coefficient (Wildman–Crippen LogP) is 3.17. The SMILES string of the molecule is CC1=NC(C)(c2ccc(Cl)cc2)[CH]O1. The van der Waals surface area contributed by atoms with E-state index in [2.05, 4.69) is 4.99 Å². The van der Waals surface area contributed by atoms with Crippen LogP contribution in [-0.4, -0.2) is 5.90 Å². The van der Waals surface area contributed by atoms with Crippen molar-refractivity contribution in [3.05, 3.63) is 41.5 Å². The number of nitrogens with zero attached hydrogens (tertiary/aromatic N) is 1. The normalized spacial score (nSPS) is 25.8. The van der Waals surface area contributed by atoms with Crippen LogP contribution >= 0.6 is 11.6 Å². The lowest BCUT2D eigenvalue weighted by Crippen LogP contribution is -2.15. The smallest absolute Gasteiger partial charge is 0.181 e. The molecule has 0 saturated carbocycles. The highest BCUT2D eigenvalue weighted by molar-refractivity contribution is 6.30. The zero-order chi connectivity index (χ0) is 10.2. The van der Waals surface area contributed by atoms with Gasteiger partial charge in [-0.1, -0.05) is 23.7 Å². The third-order valence-electron chi connectivity index (χ3n) is 2.28. The zero-order valence-electron chi connectivity index (χ0n) is 8.12. The highest BCUT2D eigenvalue weighted by Crippen LogP contribution is 2.33. The summed E-state index contributed by atoms with van der Waals surface area (Å²) >= 11 is 5.82. The lowest BCUT2D eigenvalue weighted by molar-refractivity contribution is 0.356. The van der Waals surface area contributed by atoms with Gasteiger partial charge in [0.1, 0.15) is 5.54 Å². The van der Waals surface area contributed by atoms with Crippen LogP contribution in [0.1, 0.15) is 19.4 Å². The van der Waals surface area contributed by atoms with E-state index in [-0.39, 0.29) is 5.54 Å². The van der Waals surface area contributed by atoms with E-state index in [0.717, 1.165) is 10.6 Å². The molecule has 3 heteroatoms. The standard InChI is InChI=1S/C11H11ClNO/c1-8-13-11(2,7-14-8)9-3-5-10(12)6-4-9/h3-7H,1-2H3. The molecule has 1 heterocycles. The van der Waals surface area contributed by atoms with E-state index in [1.54, 1.807) is 6.61 Å². The fourth-order valence-electron chi connectivity index (χ4n) is 1.50. The van der Waals surface area contributed by atoms with Crippen molar-refractivity contribution in [1.29, 1.82) is 0 Å². The summed E-state index contributed by atoms with van der Waals surface area (Å²) in [5, 5.41) is 0.733. The lowest BCUT2D eigenvalue weighted by atomic mass is 9.94. The second-order valence-electron chi connectivity index (χ2n) is 3.52. The minimum atomic E-state index is -0.366. The van der Waals surface area contributed by atoms with E-state index in [0.29, 0.717) is 5.90 Å². The van der Waals surface area contributed by atoms with Gasteiger partial charge in [-0.15, -0.1) is 0 Å². The van der Waals surface area contributed by atoms with E-state index >= 15 is 0 Å². The molecule has 0 N–H and O–H groups in total. The first-order valence-corrected chi connectivity index (χ1v) is 4.81. The molecule has 0 aliphatic carbocycles. The van der Waals surface area contributed by atoms with E-state index in [4.69, 9.17) is 16.3 Å². The first-order chi connectivity index (χ1) is 6.60. The number of halogens is 1. The Labute approximate surface area is 88.6 Å². The summed E-state index contributed by atoms with van der Waals surface area (Å²) in [4.78, 5) is 4.42. The summed E-state index contributed by atoms with van der Waals surface area (Å²) in [7, 11) is 0. The molecular formula is C11H11ClNO. The van der Waals surface area contributed by atoms with Crippen molar-refractivity contribution in [3.8, 4) is 0 Å². The third-order valence-corrected chi connectivity index (χ3v) is 2.53. The number of hydrogen-bond acceptors (Lipinski definition) is 2. The van der Waals surface area contributed by atoms with Crippen molar-refractivity contribution in [2.24, 2.45) is 4.99 Å². The first kappa shape index (κ1) is 9.53. The van der Waals surface area contributed by atoms with Gasteiger partial charge in [0.05, 0.1) is 0 Å².